The molecule has 0 aliphatic rings. The molecule has 0 fully saturated rings. The highest BCUT2D eigenvalue weighted by Gasteiger charge is 2.26. The molecule has 130 valence electrons. The third kappa shape index (κ3) is 4.71. The molecule has 7 heteroatoms. The Kier molecular flexibility index (Phi) is 6.17. The van der Waals surface area contributed by atoms with Crippen molar-refractivity contribution < 1.29 is 23.6 Å². The van der Waals surface area contributed by atoms with Crippen molar-refractivity contribution in [3.05, 3.63) is 40.1 Å². The lowest BCUT2D eigenvalue weighted by molar-refractivity contribution is -0.483. The number of hydrogen-bond donors (Lipinski definition) is 0. The number of fused-ring (bicyclic) bond motifs is 1. The maximum absolute atomic E-state index is 11.7. The number of hydrogen-bond acceptors (Lipinski definition) is 6. The summed E-state index contributed by atoms with van der Waals surface area (Å²) in [5.74, 6) is -0.0152. The fourth-order valence-electron chi connectivity index (χ4n) is 2.41. The molecular formula is C17H21NO6. The van der Waals surface area contributed by atoms with E-state index < -0.39 is 23.4 Å². The molecule has 0 saturated carbocycles. The second kappa shape index (κ2) is 8.33. The fraction of sp³-hybridized carbons (Fsp3) is 0.471. The Bertz CT molecular complexity index is 708. The third-order valence-electron chi connectivity index (χ3n) is 3.47. The molecule has 24 heavy (non-hydrogen) atoms. The van der Waals surface area contributed by atoms with Crippen molar-refractivity contribution >= 4 is 16.9 Å². The normalized spacial score (nSPS) is 12.1. The molecule has 0 aliphatic heterocycles. The van der Waals surface area contributed by atoms with Crippen molar-refractivity contribution in [3.8, 4) is 5.75 Å². The summed E-state index contributed by atoms with van der Waals surface area (Å²) < 4.78 is 16.2. The van der Waals surface area contributed by atoms with Gasteiger partial charge in [-0.1, -0.05) is 6.92 Å². The van der Waals surface area contributed by atoms with Gasteiger partial charge in [0.25, 0.3) is 0 Å². The van der Waals surface area contributed by atoms with Crippen LogP contribution in [0.2, 0.25) is 0 Å². The van der Waals surface area contributed by atoms with Gasteiger partial charge in [-0.2, -0.15) is 0 Å². The van der Waals surface area contributed by atoms with Gasteiger partial charge in [0, 0.05) is 10.3 Å². The van der Waals surface area contributed by atoms with Crippen LogP contribution in [0, 0.1) is 10.1 Å². The molecule has 7 nitrogen and oxygen atoms in total. The number of carbonyl (C=O) groups is 1. The van der Waals surface area contributed by atoms with Crippen molar-refractivity contribution in [2.24, 2.45) is 0 Å². The van der Waals surface area contributed by atoms with Crippen molar-refractivity contribution in [3.63, 3.8) is 0 Å². The van der Waals surface area contributed by atoms with Gasteiger partial charge < -0.3 is 13.9 Å². The molecular weight excluding hydrogens is 314 g/mol. The maximum atomic E-state index is 11.7. The predicted molar refractivity (Wildman–Crippen MR) is 87.9 cm³/mol. The minimum atomic E-state index is -0.661. The van der Waals surface area contributed by atoms with Gasteiger partial charge in [0.2, 0.25) is 6.54 Å². The largest absolute Gasteiger partial charge is 0.494 e. The Balaban J connectivity index is 2.24. The lowest BCUT2D eigenvalue weighted by Crippen LogP contribution is -2.17. The Labute approximate surface area is 139 Å². The van der Waals surface area contributed by atoms with E-state index in [0.29, 0.717) is 23.7 Å². The number of carbonyl (C=O) groups excluding carboxylic acids is 1. The van der Waals surface area contributed by atoms with Crippen LogP contribution in [-0.4, -0.2) is 30.7 Å². The quantitative estimate of drug-likeness (QED) is 0.395. The summed E-state index contributed by atoms with van der Waals surface area (Å²) >= 11 is 0. The van der Waals surface area contributed by atoms with Gasteiger partial charge in [0.05, 0.1) is 25.6 Å². The second-order valence-electron chi connectivity index (χ2n) is 5.42. The highest BCUT2D eigenvalue weighted by Crippen LogP contribution is 2.30. The van der Waals surface area contributed by atoms with E-state index in [0.717, 1.165) is 11.8 Å². The van der Waals surface area contributed by atoms with Crippen molar-refractivity contribution in [2.45, 2.75) is 32.6 Å². The highest BCUT2D eigenvalue weighted by molar-refractivity contribution is 5.80. The Morgan fingerprint density at radius 2 is 2.12 bits per heavy atom. The zero-order valence-electron chi connectivity index (χ0n) is 13.8. The van der Waals surface area contributed by atoms with E-state index in [4.69, 9.17) is 13.9 Å². The van der Waals surface area contributed by atoms with Gasteiger partial charge in [0.1, 0.15) is 17.1 Å². The summed E-state index contributed by atoms with van der Waals surface area (Å²) in [5, 5.41) is 11.7. The Hall–Kier alpha value is -2.57. The van der Waals surface area contributed by atoms with Crippen LogP contribution in [0.5, 0.6) is 5.75 Å². The average molecular weight is 335 g/mol. The Morgan fingerprint density at radius 3 is 2.79 bits per heavy atom. The molecule has 1 heterocycles. The average Bonchev–Trinajstić information content (AvgIpc) is 2.95. The molecule has 1 atom stereocenters. The standard InChI is InChI=1S/C17H21NO6/c1-3-7-23-14-5-6-15-12(8-14)9-16(24-15)13(11-18(20)21)10-17(19)22-4-2/h5-6,8-9,13H,3-4,7,10-11H2,1-2H3. The molecule has 0 spiro atoms. The van der Waals surface area contributed by atoms with E-state index in [1.807, 2.05) is 13.0 Å². The lowest BCUT2D eigenvalue weighted by atomic mass is 10.0. The van der Waals surface area contributed by atoms with Crippen LogP contribution >= 0.6 is 0 Å². The van der Waals surface area contributed by atoms with E-state index in [1.165, 1.54) is 0 Å². The highest BCUT2D eigenvalue weighted by atomic mass is 16.6. The van der Waals surface area contributed by atoms with Crippen LogP contribution < -0.4 is 4.74 Å². The third-order valence-corrected chi connectivity index (χ3v) is 3.47. The van der Waals surface area contributed by atoms with Crippen molar-refractivity contribution in [1.29, 1.82) is 0 Å². The van der Waals surface area contributed by atoms with Crippen LogP contribution in [0.1, 0.15) is 38.4 Å². The van der Waals surface area contributed by atoms with Gasteiger partial charge >= 0.3 is 5.97 Å². The minimum absolute atomic E-state index is 0.0895. The first-order chi connectivity index (χ1) is 11.5. The monoisotopic (exact) mass is 335 g/mol. The first kappa shape index (κ1) is 17.8. The second-order valence-corrected chi connectivity index (χ2v) is 5.42. The maximum Gasteiger partial charge on any atom is 0.306 e. The number of furan rings is 1. The summed E-state index contributed by atoms with van der Waals surface area (Å²) in [4.78, 5) is 22.1. The molecule has 1 aromatic heterocycles. The van der Waals surface area contributed by atoms with Crippen LogP contribution in [-0.2, 0) is 9.53 Å². The number of rotatable bonds is 9. The molecule has 1 aromatic carbocycles. The summed E-state index contributed by atoms with van der Waals surface area (Å²) in [6.45, 7) is 4.18. The number of nitro groups is 1. The molecule has 1 unspecified atom stereocenters. The molecule has 0 amide bonds. The molecule has 2 rings (SSSR count). The summed E-state index contributed by atoms with van der Waals surface area (Å²) in [5.41, 5.74) is 0.603. The van der Waals surface area contributed by atoms with E-state index in [2.05, 4.69) is 0 Å². The van der Waals surface area contributed by atoms with Gasteiger partial charge in [-0.3, -0.25) is 14.9 Å². The van der Waals surface area contributed by atoms with Crippen LogP contribution in [0.4, 0.5) is 0 Å². The molecule has 0 aliphatic carbocycles. The summed E-state index contributed by atoms with van der Waals surface area (Å²) in [6, 6.07) is 7.10. The molecule has 0 N–H and O–H groups in total. The predicted octanol–water partition coefficient (Wildman–Crippen LogP) is 3.54. The van der Waals surface area contributed by atoms with Crippen LogP contribution in [0.25, 0.3) is 11.0 Å². The Morgan fingerprint density at radius 1 is 1.33 bits per heavy atom. The molecule has 0 saturated heterocycles. The minimum Gasteiger partial charge on any atom is -0.494 e. The van der Waals surface area contributed by atoms with E-state index in [1.54, 1.807) is 25.1 Å². The van der Waals surface area contributed by atoms with Gasteiger partial charge in [-0.25, -0.2) is 0 Å². The summed E-state index contributed by atoms with van der Waals surface area (Å²) in [6.07, 6.45) is 0.812. The van der Waals surface area contributed by atoms with Crippen LogP contribution in [0.15, 0.2) is 28.7 Å². The smallest absolute Gasteiger partial charge is 0.306 e. The zero-order valence-corrected chi connectivity index (χ0v) is 13.8. The van der Waals surface area contributed by atoms with Crippen molar-refractivity contribution in [2.75, 3.05) is 19.8 Å². The van der Waals surface area contributed by atoms with E-state index in [9.17, 15) is 14.9 Å². The van der Waals surface area contributed by atoms with Crippen LogP contribution in [0.3, 0.4) is 0 Å². The molecule has 0 radical (unpaired) electrons. The molecule has 2 aromatic rings. The van der Waals surface area contributed by atoms with Crippen molar-refractivity contribution in [1.82, 2.24) is 0 Å². The first-order valence-electron chi connectivity index (χ1n) is 7.97. The number of benzene rings is 1. The topological polar surface area (TPSA) is 91.8 Å². The number of esters is 1. The lowest BCUT2D eigenvalue weighted by Gasteiger charge is -2.09. The van der Waals surface area contributed by atoms with E-state index >= 15 is 0 Å². The van der Waals surface area contributed by atoms with Gasteiger partial charge in [0.15, 0.2) is 0 Å². The fourth-order valence-corrected chi connectivity index (χ4v) is 2.41. The van der Waals surface area contributed by atoms with Gasteiger partial charge in [-0.15, -0.1) is 0 Å². The number of ether oxygens (including phenoxy) is 2. The first-order valence-corrected chi connectivity index (χ1v) is 7.97. The number of nitrogens with zero attached hydrogens (tertiary/aromatic N) is 1. The summed E-state index contributed by atoms with van der Waals surface area (Å²) in [7, 11) is 0. The zero-order chi connectivity index (χ0) is 17.5. The van der Waals surface area contributed by atoms with Gasteiger partial charge in [-0.05, 0) is 37.6 Å². The molecule has 0 bridgehead atoms. The SMILES string of the molecule is CCCOc1ccc2oc(C(CC(=O)OCC)C[N+](=O)[O-])cc2c1. The van der Waals surface area contributed by atoms with E-state index in [-0.39, 0.29) is 13.0 Å².